The van der Waals surface area contributed by atoms with Crippen molar-refractivity contribution in [3.05, 3.63) is 0 Å². The predicted octanol–water partition coefficient (Wildman–Crippen LogP) is 4.28. The predicted molar refractivity (Wildman–Crippen MR) is 105 cm³/mol. The van der Waals surface area contributed by atoms with Crippen molar-refractivity contribution in [1.29, 1.82) is 0 Å². The highest BCUT2D eigenvalue weighted by atomic mass is 16.2. The van der Waals surface area contributed by atoms with Gasteiger partial charge in [-0.1, -0.05) is 38.5 Å². The van der Waals surface area contributed by atoms with E-state index >= 15 is 0 Å². The molecule has 3 fully saturated rings. The number of piperidine rings is 1. The first-order valence-corrected chi connectivity index (χ1v) is 11.2. The lowest BCUT2D eigenvalue weighted by Crippen LogP contribution is -2.44. The van der Waals surface area contributed by atoms with Gasteiger partial charge < -0.3 is 10.2 Å². The summed E-state index contributed by atoms with van der Waals surface area (Å²) in [5, 5.41) is 3.16. The lowest BCUT2D eigenvalue weighted by atomic mass is 9.86. The van der Waals surface area contributed by atoms with Crippen LogP contribution in [0, 0.1) is 17.8 Å². The highest BCUT2D eigenvalue weighted by Gasteiger charge is 2.26. The number of hydrogen-bond acceptors (Lipinski definition) is 2. The normalized spacial score (nSPS) is 25.8. The number of likely N-dealkylation sites (tertiary alicyclic amines) is 1. The van der Waals surface area contributed by atoms with Crippen molar-refractivity contribution < 1.29 is 9.59 Å². The molecule has 1 saturated heterocycles. The van der Waals surface area contributed by atoms with Gasteiger partial charge in [0.1, 0.15) is 0 Å². The average Bonchev–Trinajstić information content (AvgIpc) is 2.68. The lowest BCUT2D eigenvalue weighted by Gasteiger charge is -2.34. The average molecular weight is 363 g/mol. The van der Waals surface area contributed by atoms with E-state index in [2.05, 4.69) is 10.2 Å². The second kappa shape index (κ2) is 10.3. The third-order valence-electron chi connectivity index (χ3n) is 6.85. The summed E-state index contributed by atoms with van der Waals surface area (Å²) in [6.07, 6.45) is 16.5. The van der Waals surface area contributed by atoms with E-state index in [1.54, 1.807) is 0 Å². The molecule has 1 aliphatic heterocycles. The Morgan fingerprint density at radius 2 is 1.31 bits per heavy atom. The molecule has 0 aromatic carbocycles. The first-order chi connectivity index (χ1) is 12.7. The summed E-state index contributed by atoms with van der Waals surface area (Å²) in [7, 11) is 0. The maximum absolute atomic E-state index is 12.7. The lowest BCUT2D eigenvalue weighted by molar-refractivity contribution is -0.134. The third-order valence-corrected chi connectivity index (χ3v) is 6.85. The van der Waals surface area contributed by atoms with E-state index in [9.17, 15) is 9.59 Å². The molecule has 148 valence electrons. The van der Waals surface area contributed by atoms with Crippen molar-refractivity contribution in [3.63, 3.8) is 0 Å². The first-order valence-electron chi connectivity index (χ1n) is 11.2. The van der Waals surface area contributed by atoms with Crippen LogP contribution in [0.25, 0.3) is 0 Å². The molecule has 1 heterocycles. The highest BCUT2D eigenvalue weighted by Crippen LogP contribution is 2.28. The van der Waals surface area contributed by atoms with Crippen molar-refractivity contribution in [1.82, 2.24) is 10.2 Å². The quantitative estimate of drug-likeness (QED) is 0.766. The Morgan fingerprint density at radius 1 is 0.731 bits per heavy atom. The van der Waals surface area contributed by atoms with Crippen LogP contribution in [-0.4, -0.2) is 36.3 Å². The molecule has 0 aromatic heterocycles. The van der Waals surface area contributed by atoms with Crippen LogP contribution >= 0.6 is 0 Å². The number of amides is 2. The second-order valence-corrected chi connectivity index (χ2v) is 9.07. The van der Waals surface area contributed by atoms with E-state index in [-0.39, 0.29) is 5.91 Å². The highest BCUT2D eigenvalue weighted by molar-refractivity contribution is 5.77. The molecular formula is C22H38N2O2. The van der Waals surface area contributed by atoms with E-state index in [0.29, 0.717) is 30.1 Å². The molecule has 0 radical (unpaired) electrons. The molecule has 0 bridgehead atoms. The van der Waals surface area contributed by atoms with Gasteiger partial charge in [0.15, 0.2) is 0 Å². The zero-order valence-electron chi connectivity index (χ0n) is 16.5. The summed E-state index contributed by atoms with van der Waals surface area (Å²) in [6.45, 7) is 2.51. The number of carbonyl (C=O) groups is 2. The number of hydrogen-bond donors (Lipinski definition) is 1. The number of nitrogens with one attached hydrogen (secondary N) is 1. The zero-order valence-corrected chi connectivity index (χ0v) is 16.5. The van der Waals surface area contributed by atoms with Crippen molar-refractivity contribution in [2.75, 3.05) is 19.6 Å². The van der Waals surface area contributed by atoms with Gasteiger partial charge in [-0.05, 0) is 56.3 Å². The van der Waals surface area contributed by atoms with Gasteiger partial charge >= 0.3 is 0 Å². The Morgan fingerprint density at radius 3 is 1.96 bits per heavy atom. The third kappa shape index (κ3) is 6.28. The van der Waals surface area contributed by atoms with E-state index in [1.807, 2.05) is 0 Å². The minimum atomic E-state index is 0.225. The minimum absolute atomic E-state index is 0.225. The van der Waals surface area contributed by atoms with Crippen LogP contribution in [0.2, 0.25) is 0 Å². The van der Waals surface area contributed by atoms with Crippen molar-refractivity contribution in [2.24, 2.45) is 17.8 Å². The molecule has 1 N–H and O–H groups in total. The Balaban J connectivity index is 1.35. The van der Waals surface area contributed by atoms with E-state index in [4.69, 9.17) is 0 Å². The fourth-order valence-electron chi connectivity index (χ4n) is 5.21. The molecule has 1 atom stereocenters. The summed E-state index contributed by atoms with van der Waals surface area (Å²) < 4.78 is 0. The monoisotopic (exact) mass is 362 g/mol. The molecule has 2 saturated carbocycles. The minimum Gasteiger partial charge on any atom is -0.356 e. The number of rotatable bonds is 6. The fraction of sp³-hybridized carbons (Fsp3) is 0.909. The molecule has 26 heavy (non-hydrogen) atoms. The maximum atomic E-state index is 12.7. The van der Waals surface area contributed by atoms with Gasteiger partial charge in [-0.25, -0.2) is 0 Å². The zero-order chi connectivity index (χ0) is 18.2. The molecule has 1 unspecified atom stereocenters. The van der Waals surface area contributed by atoms with Crippen LogP contribution in [-0.2, 0) is 9.59 Å². The molecule has 4 nitrogen and oxygen atoms in total. The SMILES string of the molecule is O=C(CC1CCCCC1)NCC1CCCN(C(=O)CC2CCCCC2)C1. The van der Waals surface area contributed by atoms with Crippen LogP contribution in [0.1, 0.15) is 89.9 Å². The summed E-state index contributed by atoms with van der Waals surface area (Å²) in [6, 6.07) is 0. The fourth-order valence-corrected chi connectivity index (χ4v) is 5.21. The largest absolute Gasteiger partial charge is 0.356 e. The van der Waals surface area contributed by atoms with Crippen molar-refractivity contribution >= 4 is 11.8 Å². The molecule has 3 aliphatic rings. The number of nitrogens with zero attached hydrogens (tertiary/aromatic N) is 1. The van der Waals surface area contributed by atoms with Gasteiger partial charge in [0.05, 0.1) is 0 Å². The van der Waals surface area contributed by atoms with Crippen LogP contribution in [0.15, 0.2) is 0 Å². The van der Waals surface area contributed by atoms with Crippen LogP contribution in [0.4, 0.5) is 0 Å². The standard InChI is InChI=1S/C22H38N2O2/c25-21(14-18-8-3-1-4-9-18)23-16-20-12-7-13-24(17-20)22(26)15-19-10-5-2-6-11-19/h18-20H,1-17H2,(H,23,25). The topological polar surface area (TPSA) is 49.4 Å². The molecule has 0 aromatic rings. The van der Waals surface area contributed by atoms with E-state index < -0.39 is 0 Å². The molecule has 4 heteroatoms. The molecule has 0 spiro atoms. The van der Waals surface area contributed by atoms with E-state index in [0.717, 1.165) is 38.9 Å². The van der Waals surface area contributed by atoms with Crippen LogP contribution in [0.3, 0.4) is 0 Å². The first kappa shape index (κ1) is 19.7. The summed E-state index contributed by atoms with van der Waals surface area (Å²) in [5.74, 6) is 2.24. The second-order valence-electron chi connectivity index (χ2n) is 9.07. The molecule has 3 rings (SSSR count). The molecule has 2 aliphatic carbocycles. The van der Waals surface area contributed by atoms with Crippen LogP contribution < -0.4 is 5.32 Å². The van der Waals surface area contributed by atoms with Crippen molar-refractivity contribution in [3.8, 4) is 0 Å². The van der Waals surface area contributed by atoms with Crippen molar-refractivity contribution in [2.45, 2.75) is 89.9 Å². The Bertz CT molecular complexity index is 453. The van der Waals surface area contributed by atoms with Gasteiger partial charge in [0, 0.05) is 32.5 Å². The van der Waals surface area contributed by atoms with Gasteiger partial charge in [-0.3, -0.25) is 9.59 Å². The van der Waals surface area contributed by atoms with Gasteiger partial charge in [-0.2, -0.15) is 0 Å². The number of carbonyl (C=O) groups excluding carboxylic acids is 2. The Hall–Kier alpha value is -1.06. The van der Waals surface area contributed by atoms with Gasteiger partial charge in [0.25, 0.3) is 0 Å². The van der Waals surface area contributed by atoms with Gasteiger partial charge in [-0.15, -0.1) is 0 Å². The smallest absolute Gasteiger partial charge is 0.222 e. The summed E-state index contributed by atoms with van der Waals surface area (Å²) >= 11 is 0. The van der Waals surface area contributed by atoms with Crippen LogP contribution in [0.5, 0.6) is 0 Å². The summed E-state index contributed by atoms with van der Waals surface area (Å²) in [4.78, 5) is 27.0. The Labute approximate surface area is 159 Å². The summed E-state index contributed by atoms with van der Waals surface area (Å²) in [5.41, 5.74) is 0. The molecule has 2 amide bonds. The molecular weight excluding hydrogens is 324 g/mol. The maximum Gasteiger partial charge on any atom is 0.222 e. The Kier molecular flexibility index (Phi) is 7.82. The van der Waals surface area contributed by atoms with E-state index in [1.165, 1.54) is 64.2 Å². The van der Waals surface area contributed by atoms with Gasteiger partial charge in [0.2, 0.25) is 11.8 Å².